The van der Waals surface area contributed by atoms with Crippen molar-refractivity contribution in [3.8, 4) is 0 Å². The first-order chi connectivity index (χ1) is 14.9. The van der Waals surface area contributed by atoms with E-state index < -0.39 is 0 Å². The molecule has 2 aliphatic rings. The van der Waals surface area contributed by atoms with Gasteiger partial charge in [0.15, 0.2) is 0 Å². The minimum Gasteiger partial charge on any atom is -0.0620 e. The Balaban J connectivity index is 1.68. The molecule has 0 atom stereocenters. The van der Waals surface area contributed by atoms with Crippen LogP contribution in [0.1, 0.15) is 56.3 Å². The maximum absolute atomic E-state index is 2.39. The summed E-state index contributed by atoms with van der Waals surface area (Å²) >= 11 is 0. The largest absolute Gasteiger partial charge is 0.0620 e. The van der Waals surface area contributed by atoms with Gasteiger partial charge in [0.05, 0.1) is 0 Å². The van der Waals surface area contributed by atoms with E-state index in [-0.39, 0.29) is 0 Å². The molecule has 0 saturated heterocycles. The lowest BCUT2D eigenvalue weighted by Crippen LogP contribution is -2.17. The van der Waals surface area contributed by atoms with Crippen LogP contribution in [0.5, 0.6) is 0 Å². The highest BCUT2D eigenvalue weighted by atomic mass is 14.4. The van der Waals surface area contributed by atoms with E-state index in [2.05, 4.69) is 97.1 Å². The van der Waals surface area contributed by atoms with Gasteiger partial charge in [0.1, 0.15) is 0 Å². The van der Waals surface area contributed by atoms with Crippen molar-refractivity contribution in [1.82, 2.24) is 0 Å². The van der Waals surface area contributed by atoms with Gasteiger partial charge in [0, 0.05) is 11.8 Å². The summed E-state index contributed by atoms with van der Waals surface area (Å²) in [7, 11) is 0. The van der Waals surface area contributed by atoms with Crippen LogP contribution in [0.3, 0.4) is 0 Å². The Morgan fingerprint density at radius 1 is 0.333 bits per heavy atom. The summed E-state index contributed by atoms with van der Waals surface area (Å²) in [4.78, 5) is 0. The standard InChI is InChI=1S/C30H26/c1-5-13-25-21(9-1)17-18-22-10-2-6-14-26(22)29(25)30-27-15-7-3-11-23(27)19-20-24-12-4-8-16-28(24)30/h1-16,29-30H,17-20H2. The van der Waals surface area contributed by atoms with Crippen LogP contribution >= 0.6 is 0 Å². The zero-order chi connectivity index (χ0) is 19.9. The summed E-state index contributed by atoms with van der Waals surface area (Å²) in [5, 5.41) is 0. The van der Waals surface area contributed by atoms with Crippen molar-refractivity contribution in [2.24, 2.45) is 0 Å². The molecule has 0 nitrogen and oxygen atoms in total. The number of benzene rings is 4. The first-order valence-electron chi connectivity index (χ1n) is 11.2. The lowest BCUT2D eigenvalue weighted by Gasteiger charge is -2.31. The maximum atomic E-state index is 2.39. The topological polar surface area (TPSA) is 0 Å². The minimum absolute atomic E-state index is 0.347. The molecule has 0 radical (unpaired) electrons. The second-order valence-electron chi connectivity index (χ2n) is 8.75. The van der Waals surface area contributed by atoms with Crippen molar-refractivity contribution in [2.45, 2.75) is 37.5 Å². The van der Waals surface area contributed by atoms with Crippen LogP contribution < -0.4 is 0 Å². The molecule has 4 aromatic rings. The van der Waals surface area contributed by atoms with Crippen molar-refractivity contribution >= 4 is 0 Å². The van der Waals surface area contributed by atoms with Crippen LogP contribution in [-0.4, -0.2) is 0 Å². The van der Waals surface area contributed by atoms with Gasteiger partial charge in [-0.1, -0.05) is 97.1 Å². The third-order valence-electron chi connectivity index (χ3n) is 7.22. The summed E-state index contributed by atoms with van der Waals surface area (Å²) in [5.74, 6) is 0.695. The molecule has 0 unspecified atom stereocenters. The summed E-state index contributed by atoms with van der Waals surface area (Å²) < 4.78 is 0. The van der Waals surface area contributed by atoms with Gasteiger partial charge in [-0.3, -0.25) is 0 Å². The van der Waals surface area contributed by atoms with Crippen molar-refractivity contribution in [2.75, 3.05) is 0 Å². The Morgan fingerprint density at radius 2 is 0.567 bits per heavy atom. The Labute approximate surface area is 179 Å². The average molecular weight is 387 g/mol. The first kappa shape index (κ1) is 17.7. The molecule has 2 aliphatic carbocycles. The zero-order valence-corrected chi connectivity index (χ0v) is 17.2. The van der Waals surface area contributed by atoms with E-state index in [9.17, 15) is 0 Å². The van der Waals surface area contributed by atoms with Gasteiger partial charge in [-0.05, 0) is 70.2 Å². The van der Waals surface area contributed by atoms with Gasteiger partial charge in [-0.2, -0.15) is 0 Å². The highest BCUT2D eigenvalue weighted by Crippen LogP contribution is 2.49. The van der Waals surface area contributed by atoms with E-state index in [0.717, 1.165) is 25.7 Å². The second-order valence-corrected chi connectivity index (χ2v) is 8.75. The summed E-state index contributed by atoms with van der Waals surface area (Å²) in [6.45, 7) is 0. The molecule has 6 rings (SSSR count). The summed E-state index contributed by atoms with van der Waals surface area (Å²) in [6, 6.07) is 36.7. The molecule has 0 bridgehead atoms. The fourth-order valence-electron chi connectivity index (χ4n) is 5.85. The Morgan fingerprint density at radius 3 is 0.833 bits per heavy atom. The van der Waals surface area contributed by atoms with Crippen LogP contribution in [0, 0.1) is 0 Å². The lowest BCUT2D eigenvalue weighted by molar-refractivity contribution is 0.687. The quantitative estimate of drug-likeness (QED) is 0.336. The molecule has 0 fully saturated rings. The molecule has 0 heterocycles. The van der Waals surface area contributed by atoms with Gasteiger partial charge in [0.25, 0.3) is 0 Å². The number of rotatable bonds is 1. The molecule has 0 aromatic heterocycles. The molecule has 0 N–H and O–H groups in total. The molecule has 0 heteroatoms. The molecule has 30 heavy (non-hydrogen) atoms. The molecular formula is C30H26. The SMILES string of the molecule is c1ccc2c(c1)CCc1ccccc1C2C1c2ccccc2CCc2ccccc21. The second kappa shape index (κ2) is 7.29. The monoisotopic (exact) mass is 386 g/mol. The highest BCUT2D eigenvalue weighted by Gasteiger charge is 2.35. The van der Waals surface area contributed by atoms with Crippen molar-refractivity contribution < 1.29 is 0 Å². The first-order valence-corrected chi connectivity index (χ1v) is 11.2. The minimum atomic E-state index is 0.347. The van der Waals surface area contributed by atoms with E-state index in [4.69, 9.17) is 0 Å². The lowest BCUT2D eigenvalue weighted by atomic mass is 9.71. The molecule has 0 saturated carbocycles. The fraction of sp³-hybridized carbons (Fsp3) is 0.200. The Hall–Kier alpha value is -3.12. The third-order valence-corrected chi connectivity index (χ3v) is 7.22. The number of hydrogen-bond acceptors (Lipinski definition) is 0. The average Bonchev–Trinajstić information content (AvgIpc) is 3.07. The van der Waals surface area contributed by atoms with Gasteiger partial charge < -0.3 is 0 Å². The number of fused-ring (bicyclic) bond motifs is 4. The zero-order valence-electron chi connectivity index (χ0n) is 17.2. The van der Waals surface area contributed by atoms with Crippen LogP contribution in [0.25, 0.3) is 0 Å². The predicted octanol–water partition coefficient (Wildman–Crippen LogP) is 6.85. The summed E-state index contributed by atoms with van der Waals surface area (Å²) in [5.41, 5.74) is 12.1. The van der Waals surface area contributed by atoms with Gasteiger partial charge >= 0.3 is 0 Å². The highest BCUT2D eigenvalue weighted by molar-refractivity contribution is 5.54. The van der Waals surface area contributed by atoms with E-state index in [0.29, 0.717) is 11.8 Å². The normalized spacial score (nSPS) is 15.9. The van der Waals surface area contributed by atoms with Crippen LogP contribution in [0.4, 0.5) is 0 Å². The van der Waals surface area contributed by atoms with E-state index in [1.165, 1.54) is 44.5 Å². The number of aryl methyl sites for hydroxylation is 4. The molecule has 146 valence electrons. The molecule has 0 aliphatic heterocycles. The van der Waals surface area contributed by atoms with Crippen molar-refractivity contribution in [3.63, 3.8) is 0 Å². The van der Waals surface area contributed by atoms with Gasteiger partial charge in [-0.15, -0.1) is 0 Å². The van der Waals surface area contributed by atoms with E-state index in [1.54, 1.807) is 0 Å². The smallest absolute Gasteiger partial charge is 0.0204 e. The van der Waals surface area contributed by atoms with E-state index >= 15 is 0 Å². The molecule has 0 spiro atoms. The Bertz CT molecular complexity index is 1020. The maximum Gasteiger partial charge on any atom is 0.0204 e. The predicted molar refractivity (Wildman–Crippen MR) is 124 cm³/mol. The molecular weight excluding hydrogens is 360 g/mol. The van der Waals surface area contributed by atoms with Crippen molar-refractivity contribution in [3.05, 3.63) is 142 Å². The Kier molecular flexibility index (Phi) is 4.30. The van der Waals surface area contributed by atoms with Gasteiger partial charge in [-0.25, -0.2) is 0 Å². The molecule has 0 amide bonds. The van der Waals surface area contributed by atoms with Crippen LogP contribution in [-0.2, 0) is 25.7 Å². The third kappa shape index (κ3) is 2.82. The van der Waals surface area contributed by atoms with Crippen LogP contribution in [0.15, 0.2) is 97.1 Å². The van der Waals surface area contributed by atoms with Gasteiger partial charge in [0.2, 0.25) is 0 Å². The fourth-order valence-corrected chi connectivity index (χ4v) is 5.85. The van der Waals surface area contributed by atoms with Crippen LogP contribution in [0.2, 0.25) is 0 Å². The number of hydrogen-bond donors (Lipinski definition) is 0. The van der Waals surface area contributed by atoms with Crippen molar-refractivity contribution in [1.29, 1.82) is 0 Å². The summed E-state index contributed by atoms with van der Waals surface area (Å²) in [6.07, 6.45) is 4.50. The van der Waals surface area contributed by atoms with E-state index in [1.807, 2.05) is 0 Å². The molecule has 4 aromatic carbocycles.